The maximum absolute atomic E-state index is 13.6. The SMILES string of the molecule is CCC(F)CNc1ncc(-c2ccc(F)c(F)n2)c(NC2CCC(O)CC2)n1. The smallest absolute Gasteiger partial charge is 0.249 e. The second-order valence-electron chi connectivity index (χ2n) is 6.96. The van der Waals surface area contributed by atoms with E-state index in [1.165, 1.54) is 12.3 Å². The van der Waals surface area contributed by atoms with Gasteiger partial charge in [-0.3, -0.25) is 0 Å². The number of hydrogen-bond acceptors (Lipinski definition) is 6. The Kier molecular flexibility index (Phi) is 6.66. The van der Waals surface area contributed by atoms with Gasteiger partial charge in [0.25, 0.3) is 0 Å². The van der Waals surface area contributed by atoms with Crippen molar-refractivity contribution >= 4 is 11.8 Å². The van der Waals surface area contributed by atoms with Gasteiger partial charge in [-0.2, -0.15) is 9.37 Å². The number of rotatable bonds is 7. The summed E-state index contributed by atoms with van der Waals surface area (Å²) in [6, 6.07) is 2.42. The third-order valence-electron chi connectivity index (χ3n) is 4.83. The van der Waals surface area contributed by atoms with Crippen LogP contribution in [0, 0.1) is 11.8 Å². The average Bonchev–Trinajstić information content (AvgIpc) is 2.70. The van der Waals surface area contributed by atoms with Crippen LogP contribution in [0.3, 0.4) is 0 Å². The van der Waals surface area contributed by atoms with Crippen molar-refractivity contribution in [2.75, 3.05) is 17.2 Å². The van der Waals surface area contributed by atoms with Crippen LogP contribution in [0.15, 0.2) is 18.3 Å². The second kappa shape index (κ2) is 9.18. The topological polar surface area (TPSA) is 83.0 Å². The van der Waals surface area contributed by atoms with E-state index in [9.17, 15) is 18.3 Å². The molecule has 1 unspecified atom stereocenters. The highest BCUT2D eigenvalue weighted by atomic mass is 19.2. The van der Waals surface area contributed by atoms with E-state index in [0.717, 1.165) is 18.9 Å². The molecule has 28 heavy (non-hydrogen) atoms. The van der Waals surface area contributed by atoms with Crippen LogP contribution in [-0.4, -0.2) is 44.9 Å². The molecule has 2 aromatic rings. The summed E-state index contributed by atoms with van der Waals surface area (Å²) in [7, 11) is 0. The molecular weight excluding hydrogens is 371 g/mol. The van der Waals surface area contributed by atoms with Gasteiger partial charge in [0.05, 0.1) is 17.4 Å². The summed E-state index contributed by atoms with van der Waals surface area (Å²) in [6.07, 6.45) is 3.35. The van der Waals surface area contributed by atoms with Crippen LogP contribution in [0.5, 0.6) is 0 Å². The molecule has 0 bridgehead atoms. The number of aromatic nitrogens is 3. The number of nitrogens with one attached hydrogen (secondary N) is 2. The average molecular weight is 395 g/mol. The Bertz CT molecular complexity index is 799. The first kappa shape index (κ1) is 20.3. The Labute approximate surface area is 161 Å². The quantitative estimate of drug-likeness (QED) is 0.620. The molecule has 152 valence electrons. The number of aliphatic hydroxyl groups is 1. The molecule has 0 aromatic carbocycles. The number of hydrogen-bond donors (Lipinski definition) is 3. The molecule has 0 radical (unpaired) electrons. The zero-order chi connectivity index (χ0) is 20.1. The number of halogens is 3. The van der Waals surface area contributed by atoms with Crippen LogP contribution in [0.25, 0.3) is 11.3 Å². The number of alkyl halides is 1. The van der Waals surface area contributed by atoms with Crippen molar-refractivity contribution in [2.24, 2.45) is 0 Å². The molecular formula is C19H24F3N5O. The number of anilines is 2. The van der Waals surface area contributed by atoms with Gasteiger partial charge in [0.15, 0.2) is 5.82 Å². The van der Waals surface area contributed by atoms with Crippen LogP contribution in [0.1, 0.15) is 39.0 Å². The van der Waals surface area contributed by atoms with Crippen molar-refractivity contribution in [2.45, 2.75) is 57.3 Å². The van der Waals surface area contributed by atoms with Crippen molar-refractivity contribution in [3.05, 3.63) is 30.1 Å². The zero-order valence-electron chi connectivity index (χ0n) is 15.6. The van der Waals surface area contributed by atoms with E-state index < -0.39 is 17.9 Å². The molecule has 0 amide bonds. The summed E-state index contributed by atoms with van der Waals surface area (Å²) in [5.41, 5.74) is 0.614. The molecule has 1 fully saturated rings. The normalized spacial score (nSPS) is 20.6. The molecule has 1 aliphatic carbocycles. The van der Waals surface area contributed by atoms with Gasteiger partial charge in [-0.05, 0) is 44.2 Å². The lowest BCUT2D eigenvalue weighted by Crippen LogP contribution is -2.29. The third kappa shape index (κ3) is 5.09. The molecule has 9 heteroatoms. The minimum Gasteiger partial charge on any atom is -0.393 e. The molecule has 1 aliphatic rings. The molecule has 1 atom stereocenters. The zero-order valence-corrected chi connectivity index (χ0v) is 15.6. The van der Waals surface area contributed by atoms with Crippen LogP contribution in [0.4, 0.5) is 24.9 Å². The monoisotopic (exact) mass is 395 g/mol. The van der Waals surface area contributed by atoms with Crippen LogP contribution < -0.4 is 10.6 Å². The maximum Gasteiger partial charge on any atom is 0.249 e. The highest BCUT2D eigenvalue weighted by molar-refractivity contribution is 5.72. The van der Waals surface area contributed by atoms with Gasteiger partial charge in [-0.25, -0.2) is 18.7 Å². The summed E-state index contributed by atoms with van der Waals surface area (Å²) in [5, 5.41) is 15.8. The highest BCUT2D eigenvalue weighted by Crippen LogP contribution is 2.29. The Hall–Kier alpha value is -2.42. The van der Waals surface area contributed by atoms with E-state index in [2.05, 4.69) is 25.6 Å². The lowest BCUT2D eigenvalue weighted by molar-refractivity contribution is 0.126. The van der Waals surface area contributed by atoms with Gasteiger partial charge in [0.1, 0.15) is 12.0 Å². The fourth-order valence-corrected chi connectivity index (χ4v) is 3.09. The van der Waals surface area contributed by atoms with Crippen molar-refractivity contribution < 1.29 is 18.3 Å². The van der Waals surface area contributed by atoms with Crippen molar-refractivity contribution in [3.8, 4) is 11.3 Å². The van der Waals surface area contributed by atoms with E-state index in [1.54, 1.807) is 6.92 Å². The standard InChI is InChI=1S/C19H24F3N5O/c1-2-11(20)9-23-19-24-10-14(16-8-7-15(21)17(22)26-16)18(27-19)25-12-3-5-13(28)6-4-12/h7-8,10-13,28H,2-6,9H2,1H3,(H2,23,24,25,27). The molecule has 1 saturated carbocycles. The largest absolute Gasteiger partial charge is 0.393 e. The minimum absolute atomic E-state index is 0.0692. The molecule has 0 saturated heterocycles. The van der Waals surface area contributed by atoms with Gasteiger partial charge >= 0.3 is 0 Å². The Morgan fingerprint density at radius 1 is 1.18 bits per heavy atom. The first-order valence-electron chi connectivity index (χ1n) is 9.48. The lowest BCUT2D eigenvalue weighted by atomic mass is 9.93. The number of pyridine rings is 1. The molecule has 3 rings (SSSR count). The van der Waals surface area contributed by atoms with Gasteiger partial charge in [0.2, 0.25) is 11.9 Å². The summed E-state index contributed by atoms with van der Waals surface area (Å²) < 4.78 is 40.4. The molecule has 2 heterocycles. The van der Waals surface area contributed by atoms with E-state index in [4.69, 9.17) is 0 Å². The van der Waals surface area contributed by atoms with Crippen molar-refractivity contribution in [3.63, 3.8) is 0 Å². The second-order valence-corrected chi connectivity index (χ2v) is 6.96. The van der Waals surface area contributed by atoms with E-state index in [-0.39, 0.29) is 30.3 Å². The van der Waals surface area contributed by atoms with Gasteiger partial charge in [0, 0.05) is 18.8 Å². The fourth-order valence-electron chi connectivity index (χ4n) is 3.09. The summed E-state index contributed by atoms with van der Waals surface area (Å²) in [4.78, 5) is 12.2. The molecule has 3 N–H and O–H groups in total. The van der Waals surface area contributed by atoms with Crippen LogP contribution in [-0.2, 0) is 0 Å². The fraction of sp³-hybridized carbons (Fsp3) is 0.526. The predicted octanol–water partition coefficient (Wildman–Crippen LogP) is 3.69. The molecule has 6 nitrogen and oxygen atoms in total. The van der Waals surface area contributed by atoms with Crippen molar-refractivity contribution in [1.82, 2.24) is 15.0 Å². The van der Waals surface area contributed by atoms with Crippen LogP contribution >= 0.6 is 0 Å². The van der Waals surface area contributed by atoms with E-state index in [1.807, 2.05) is 0 Å². The summed E-state index contributed by atoms with van der Waals surface area (Å²) >= 11 is 0. The Balaban J connectivity index is 1.87. The molecule has 0 spiro atoms. The number of nitrogens with zero attached hydrogens (tertiary/aromatic N) is 3. The Morgan fingerprint density at radius 2 is 1.93 bits per heavy atom. The minimum atomic E-state index is -1.20. The first-order chi connectivity index (χ1) is 13.5. The Morgan fingerprint density at radius 3 is 2.61 bits per heavy atom. The van der Waals surface area contributed by atoms with Gasteiger partial charge < -0.3 is 15.7 Å². The predicted molar refractivity (Wildman–Crippen MR) is 101 cm³/mol. The first-order valence-corrected chi connectivity index (χ1v) is 9.48. The summed E-state index contributed by atoms with van der Waals surface area (Å²) in [6.45, 7) is 1.82. The third-order valence-corrected chi connectivity index (χ3v) is 4.83. The number of aliphatic hydroxyl groups excluding tert-OH is 1. The van der Waals surface area contributed by atoms with Gasteiger partial charge in [-0.1, -0.05) is 6.92 Å². The molecule has 2 aromatic heterocycles. The highest BCUT2D eigenvalue weighted by Gasteiger charge is 2.22. The lowest BCUT2D eigenvalue weighted by Gasteiger charge is -2.27. The van der Waals surface area contributed by atoms with E-state index in [0.29, 0.717) is 30.6 Å². The van der Waals surface area contributed by atoms with E-state index >= 15 is 0 Å². The van der Waals surface area contributed by atoms with Crippen molar-refractivity contribution in [1.29, 1.82) is 0 Å². The van der Waals surface area contributed by atoms with Gasteiger partial charge in [-0.15, -0.1) is 0 Å². The maximum atomic E-state index is 13.6. The molecule has 0 aliphatic heterocycles. The summed E-state index contributed by atoms with van der Waals surface area (Å²) in [5.74, 6) is -1.59. The van der Waals surface area contributed by atoms with Crippen LogP contribution in [0.2, 0.25) is 0 Å².